The molecule has 0 aliphatic rings. The molecule has 0 radical (unpaired) electrons. The van der Waals surface area contributed by atoms with Gasteiger partial charge in [0, 0.05) is 0 Å². The second kappa shape index (κ2) is 3.54. The van der Waals surface area contributed by atoms with Crippen LogP contribution in [-0.4, -0.2) is 10.1 Å². The molecule has 1 aromatic rings. The van der Waals surface area contributed by atoms with Crippen LogP contribution in [0, 0.1) is 11.3 Å². The van der Waals surface area contributed by atoms with Crippen LogP contribution < -0.4 is 0 Å². The molecule has 0 bridgehead atoms. The minimum absolute atomic E-state index is 0.377. The first kappa shape index (κ1) is 10.3. The van der Waals surface area contributed by atoms with Gasteiger partial charge in [-0.1, -0.05) is 0 Å². The molecule has 0 amide bonds. The van der Waals surface area contributed by atoms with Gasteiger partial charge < -0.3 is 5.11 Å². The molecule has 0 aliphatic heterocycles. The molecule has 0 atom stereocenters. The Kier molecular flexibility index (Phi) is 2.60. The molecule has 0 unspecified atom stereocenters. The van der Waals surface area contributed by atoms with Crippen molar-refractivity contribution in [2.75, 3.05) is 0 Å². The van der Waals surface area contributed by atoms with Crippen LogP contribution in [-0.2, 0) is 12.6 Å². The van der Waals surface area contributed by atoms with Crippen molar-refractivity contribution >= 4 is 0 Å². The van der Waals surface area contributed by atoms with Crippen LogP contribution in [0.25, 0.3) is 0 Å². The summed E-state index contributed by atoms with van der Waals surface area (Å²) in [5, 5.41) is 17.1. The first-order chi connectivity index (χ1) is 6.45. The van der Waals surface area contributed by atoms with E-state index >= 15 is 0 Å². The van der Waals surface area contributed by atoms with Crippen LogP contribution in [0.4, 0.5) is 13.2 Å². The third-order valence-corrected chi connectivity index (χ3v) is 1.51. The van der Waals surface area contributed by atoms with Crippen molar-refractivity contribution in [1.82, 2.24) is 4.98 Å². The fourth-order valence-electron chi connectivity index (χ4n) is 0.943. The number of nitriles is 1. The summed E-state index contributed by atoms with van der Waals surface area (Å²) in [7, 11) is 0. The SMILES string of the molecule is N#CCc1ncc(O)cc1C(F)(F)F. The van der Waals surface area contributed by atoms with E-state index in [1.807, 2.05) is 0 Å². The maximum Gasteiger partial charge on any atom is 0.418 e. The number of rotatable bonds is 1. The summed E-state index contributed by atoms with van der Waals surface area (Å²) in [6, 6.07) is 2.13. The zero-order valence-electron chi connectivity index (χ0n) is 6.84. The summed E-state index contributed by atoms with van der Waals surface area (Å²) in [6.45, 7) is 0. The molecule has 1 rings (SSSR count). The molecular formula is C8H5F3N2O. The topological polar surface area (TPSA) is 56.9 Å². The smallest absolute Gasteiger partial charge is 0.418 e. The third-order valence-electron chi connectivity index (χ3n) is 1.51. The molecule has 6 heteroatoms. The van der Waals surface area contributed by atoms with Gasteiger partial charge in [0.1, 0.15) is 5.75 Å². The molecule has 0 saturated carbocycles. The number of halogens is 3. The van der Waals surface area contributed by atoms with Gasteiger partial charge in [0.2, 0.25) is 0 Å². The Bertz CT molecular complexity index is 381. The minimum atomic E-state index is -4.60. The lowest BCUT2D eigenvalue weighted by molar-refractivity contribution is -0.138. The lowest BCUT2D eigenvalue weighted by Gasteiger charge is -2.09. The molecule has 0 fully saturated rings. The normalized spacial score (nSPS) is 11.0. The summed E-state index contributed by atoms with van der Waals surface area (Å²) in [6.07, 6.45) is -4.16. The van der Waals surface area contributed by atoms with Crippen molar-refractivity contribution in [3.63, 3.8) is 0 Å². The van der Waals surface area contributed by atoms with Crippen LogP contribution in [0.2, 0.25) is 0 Å². The zero-order valence-corrected chi connectivity index (χ0v) is 6.84. The highest BCUT2D eigenvalue weighted by Gasteiger charge is 2.34. The molecule has 1 aromatic heterocycles. The molecule has 0 aliphatic carbocycles. The van der Waals surface area contributed by atoms with E-state index in [9.17, 15) is 13.2 Å². The number of aromatic hydroxyl groups is 1. The van der Waals surface area contributed by atoms with Crippen LogP contribution in [0.15, 0.2) is 12.3 Å². The summed E-state index contributed by atoms with van der Waals surface area (Å²) in [4.78, 5) is 3.34. The van der Waals surface area contributed by atoms with E-state index in [1.54, 1.807) is 6.07 Å². The molecular weight excluding hydrogens is 197 g/mol. The highest BCUT2D eigenvalue weighted by atomic mass is 19.4. The molecule has 14 heavy (non-hydrogen) atoms. The van der Waals surface area contributed by atoms with Gasteiger partial charge in [-0.05, 0) is 6.07 Å². The van der Waals surface area contributed by atoms with E-state index in [4.69, 9.17) is 10.4 Å². The van der Waals surface area contributed by atoms with E-state index in [-0.39, 0.29) is 5.69 Å². The van der Waals surface area contributed by atoms with Crippen LogP contribution in [0.1, 0.15) is 11.3 Å². The summed E-state index contributed by atoms with van der Waals surface area (Å²) in [5.74, 6) is -0.570. The Hall–Kier alpha value is -1.77. The average molecular weight is 202 g/mol. The molecule has 74 valence electrons. The number of nitrogens with zero attached hydrogens (tertiary/aromatic N) is 2. The fourth-order valence-corrected chi connectivity index (χ4v) is 0.943. The van der Waals surface area contributed by atoms with Crippen LogP contribution >= 0.6 is 0 Å². The average Bonchev–Trinajstić information content (AvgIpc) is 2.07. The van der Waals surface area contributed by atoms with Gasteiger partial charge in [-0.2, -0.15) is 18.4 Å². The summed E-state index contributed by atoms with van der Waals surface area (Å²) >= 11 is 0. The molecule has 1 heterocycles. The maximum absolute atomic E-state index is 12.3. The molecule has 0 spiro atoms. The van der Waals surface area contributed by atoms with Gasteiger partial charge >= 0.3 is 6.18 Å². The van der Waals surface area contributed by atoms with Gasteiger partial charge in [-0.15, -0.1) is 0 Å². The van der Waals surface area contributed by atoms with Gasteiger partial charge in [-0.3, -0.25) is 4.98 Å². The molecule has 0 aromatic carbocycles. The van der Waals surface area contributed by atoms with Crippen LogP contribution in [0.5, 0.6) is 5.75 Å². The quantitative estimate of drug-likeness (QED) is 0.756. The second-order valence-electron chi connectivity index (χ2n) is 2.52. The lowest BCUT2D eigenvalue weighted by atomic mass is 10.1. The fraction of sp³-hybridized carbons (Fsp3) is 0.250. The van der Waals surface area contributed by atoms with E-state index in [2.05, 4.69) is 4.98 Å². The van der Waals surface area contributed by atoms with E-state index in [0.29, 0.717) is 6.07 Å². The van der Waals surface area contributed by atoms with Gasteiger partial charge in [0.15, 0.2) is 0 Å². The van der Waals surface area contributed by atoms with E-state index in [1.165, 1.54) is 0 Å². The third kappa shape index (κ3) is 2.13. The Balaban J connectivity index is 3.24. The van der Waals surface area contributed by atoms with Crippen molar-refractivity contribution in [1.29, 1.82) is 5.26 Å². The number of hydrogen-bond acceptors (Lipinski definition) is 3. The highest BCUT2D eigenvalue weighted by Crippen LogP contribution is 2.33. The standard InChI is InChI=1S/C8H5F3N2O/c9-8(10,11)6-3-5(14)4-13-7(6)1-2-12/h3-4,14H,1H2. The number of pyridine rings is 1. The highest BCUT2D eigenvalue weighted by molar-refractivity contribution is 5.32. The van der Waals surface area contributed by atoms with E-state index < -0.39 is 23.9 Å². The largest absolute Gasteiger partial charge is 0.506 e. The first-order valence-electron chi connectivity index (χ1n) is 3.57. The Morgan fingerprint density at radius 2 is 2.14 bits per heavy atom. The Labute approximate surface area is 77.4 Å². The van der Waals surface area contributed by atoms with Crippen molar-refractivity contribution in [3.8, 4) is 11.8 Å². The van der Waals surface area contributed by atoms with Crippen molar-refractivity contribution in [2.24, 2.45) is 0 Å². The van der Waals surface area contributed by atoms with Crippen molar-refractivity contribution in [2.45, 2.75) is 12.6 Å². The van der Waals surface area contributed by atoms with Gasteiger partial charge in [0.05, 0.1) is 29.9 Å². The second-order valence-corrected chi connectivity index (χ2v) is 2.52. The minimum Gasteiger partial charge on any atom is -0.506 e. The Morgan fingerprint density at radius 3 is 2.64 bits per heavy atom. The predicted molar refractivity (Wildman–Crippen MR) is 40.2 cm³/mol. The Morgan fingerprint density at radius 1 is 1.50 bits per heavy atom. The van der Waals surface area contributed by atoms with E-state index in [0.717, 1.165) is 6.20 Å². The molecule has 1 N–H and O–H groups in total. The number of aromatic nitrogens is 1. The molecule has 0 saturated heterocycles. The zero-order chi connectivity index (χ0) is 10.8. The lowest BCUT2D eigenvalue weighted by Crippen LogP contribution is -2.10. The van der Waals surface area contributed by atoms with Gasteiger partial charge in [-0.25, -0.2) is 0 Å². The van der Waals surface area contributed by atoms with Crippen LogP contribution in [0.3, 0.4) is 0 Å². The summed E-state index contributed by atoms with van der Waals surface area (Å²) in [5.41, 5.74) is -1.45. The molecule has 3 nitrogen and oxygen atoms in total. The first-order valence-corrected chi connectivity index (χ1v) is 3.57. The van der Waals surface area contributed by atoms with Gasteiger partial charge in [0.25, 0.3) is 0 Å². The summed E-state index contributed by atoms with van der Waals surface area (Å²) < 4.78 is 36.9. The monoisotopic (exact) mass is 202 g/mol. The van der Waals surface area contributed by atoms with Crippen molar-refractivity contribution < 1.29 is 18.3 Å². The number of hydrogen-bond donors (Lipinski definition) is 1. The predicted octanol–water partition coefficient (Wildman–Crippen LogP) is 1.87. The maximum atomic E-state index is 12.3. The van der Waals surface area contributed by atoms with Crippen molar-refractivity contribution in [3.05, 3.63) is 23.5 Å². The number of alkyl halides is 3.